The number of nitrogens with one attached hydrogen (secondary N) is 1. The van der Waals surface area contributed by atoms with E-state index < -0.39 is 0 Å². The summed E-state index contributed by atoms with van der Waals surface area (Å²) in [6, 6.07) is 3.67. The zero-order valence-corrected chi connectivity index (χ0v) is 12.6. The second-order valence-corrected chi connectivity index (χ2v) is 5.87. The topological polar surface area (TPSA) is 58.1 Å². The third-order valence-corrected chi connectivity index (χ3v) is 4.24. The van der Waals surface area contributed by atoms with Gasteiger partial charge in [-0.1, -0.05) is 0 Å². The van der Waals surface area contributed by atoms with Gasteiger partial charge in [-0.2, -0.15) is 11.3 Å². The van der Waals surface area contributed by atoms with Crippen LogP contribution >= 0.6 is 11.3 Å². The zero-order chi connectivity index (χ0) is 14.5. The molecule has 2 aromatic heterocycles. The maximum absolute atomic E-state index is 11.9. The molecule has 110 valence electrons. The van der Waals surface area contributed by atoms with Crippen LogP contribution in [0, 0.1) is 0 Å². The fourth-order valence-corrected chi connectivity index (χ4v) is 3.03. The third kappa shape index (κ3) is 3.58. The summed E-state index contributed by atoms with van der Waals surface area (Å²) in [5, 5.41) is 6.63. The lowest BCUT2D eigenvalue weighted by Crippen LogP contribution is -2.31. The Balaban J connectivity index is 1.62. The molecule has 0 aliphatic carbocycles. The van der Waals surface area contributed by atoms with Crippen molar-refractivity contribution in [3.05, 3.63) is 40.3 Å². The molecule has 1 fully saturated rings. The predicted octanol–water partition coefficient (Wildman–Crippen LogP) is 2.46. The highest BCUT2D eigenvalue weighted by Gasteiger charge is 2.14. The average molecular weight is 302 g/mol. The maximum Gasteiger partial charge on any atom is 0.252 e. The van der Waals surface area contributed by atoms with E-state index in [1.807, 2.05) is 22.9 Å². The predicted molar refractivity (Wildman–Crippen MR) is 83.6 cm³/mol. The molecule has 1 aliphatic heterocycles. The molecule has 0 radical (unpaired) electrons. The molecule has 2 aromatic rings. The molecular formula is C15H18N4OS. The number of nitrogens with zero attached hydrogens (tertiary/aromatic N) is 3. The van der Waals surface area contributed by atoms with Crippen molar-refractivity contribution in [2.45, 2.75) is 25.8 Å². The van der Waals surface area contributed by atoms with E-state index in [-0.39, 0.29) is 5.91 Å². The molecule has 3 rings (SSSR count). The van der Waals surface area contributed by atoms with Crippen molar-refractivity contribution < 1.29 is 4.79 Å². The Kier molecular flexibility index (Phi) is 4.45. The molecule has 0 spiro atoms. The molecule has 3 heterocycles. The Bertz CT molecular complexity index is 593. The van der Waals surface area contributed by atoms with Crippen molar-refractivity contribution in [1.29, 1.82) is 0 Å². The van der Waals surface area contributed by atoms with Gasteiger partial charge in [0.05, 0.1) is 12.2 Å². The van der Waals surface area contributed by atoms with Crippen LogP contribution in [-0.4, -0.2) is 29.0 Å². The lowest BCUT2D eigenvalue weighted by molar-refractivity contribution is 0.0951. The minimum Gasteiger partial charge on any atom is -0.346 e. The summed E-state index contributed by atoms with van der Waals surface area (Å²) in [5.74, 6) is 0.714. The van der Waals surface area contributed by atoms with Gasteiger partial charge < -0.3 is 10.2 Å². The molecule has 5 nitrogen and oxygen atoms in total. The summed E-state index contributed by atoms with van der Waals surface area (Å²) in [4.78, 5) is 23.0. The van der Waals surface area contributed by atoms with Crippen LogP contribution in [-0.2, 0) is 6.54 Å². The number of hydrogen-bond donors (Lipinski definition) is 1. The number of carbonyl (C=O) groups excluding carboxylic acids is 1. The molecule has 0 unspecified atom stereocenters. The van der Waals surface area contributed by atoms with Crippen LogP contribution in [0.5, 0.6) is 0 Å². The number of aromatic nitrogens is 2. The first-order valence-corrected chi connectivity index (χ1v) is 8.14. The third-order valence-electron chi connectivity index (χ3n) is 3.55. The highest BCUT2D eigenvalue weighted by molar-refractivity contribution is 7.08. The number of thiophene rings is 1. The number of piperidine rings is 1. The molecule has 6 heteroatoms. The van der Waals surface area contributed by atoms with E-state index in [0.717, 1.165) is 24.7 Å². The molecule has 1 saturated heterocycles. The van der Waals surface area contributed by atoms with Gasteiger partial charge in [-0.3, -0.25) is 4.79 Å². The first-order chi connectivity index (χ1) is 10.3. The van der Waals surface area contributed by atoms with Crippen molar-refractivity contribution >= 4 is 23.2 Å². The fourth-order valence-electron chi connectivity index (χ4n) is 2.40. The average Bonchev–Trinajstić information content (AvgIpc) is 3.08. The Morgan fingerprint density at radius 1 is 1.29 bits per heavy atom. The van der Waals surface area contributed by atoms with Crippen molar-refractivity contribution in [1.82, 2.24) is 15.3 Å². The molecule has 0 saturated carbocycles. The van der Waals surface area contributed by atoms with E-state index >= 15 is 0 Å². The smallest absolute Gasteiger partial charge is 0.252 e. The van der Waals surface area contributed by atoms with Crippen molar-refractivity contribution in [3.63, 3.8) is 0 Å². The first-order valence-electron chi connectivity index (χ1n) is 7.20. The van der Waals surface area contributed by atoms with E-state index in [1.54, 1.807) is 6.20 Å². The number of hydrogen-bond acceptors (Lipinski definition) is 5. The van der Waals surface area contributed by atoms with E-state index in [1.165, 1.54) is 30.6 Å². The van der Waals surface area contributed by atoms with Gasteiger partial charge in [-0.15, -0.1) is 0 Å². The summed E-state index contributed by atoms with van der Waals surface area (Å²) < 4.78 is 0. The lowest BCUT2D eigenvalue weighted by Gasteiger charge is -2.26. The highest BCUT2D eigenvalue weighted by atomic mass is 32.1. The molecule has 1 aliphatic rings. The zero-order valence-electron chi connectivity index (χ0n) is 11.8. The number of carbonyl (C=O) groups is 1. The van der Waals surface area contributed by atoms with Crippen LogP contribution < -0.4 is 10.2 Å². The van der Waals surface area contributed by atoms with E-state index in [4.69, 9.17) is 0 Å². The highest BCUT2D eigenvalue weighted by Crippen LogP contribution is 2.15. The van der Waals surface area contributed by atoms with E-state index in [9.17, 15) is 4.79 Å². The van der Waals surface area contributed by atoms with Gasteiger partial charge in [-0.25, -0.2) is 9.97 Å². The largest absolute Gasteiger partial charge is 0.346 e. The van der Waals surface area contributed by atoms with Gasteiger partial charge in [0, 0.05) is 30.2 Å². The number of rotatable bonds is 4. The first kappa shape index (κ1) is 14.0. The summed E-state index contributed by atoms with van der Waals surface area (Å²) in [5.41, 5.74) is 1.54. The summed E-state index contributed by atoms with van der Waals surface area (Å²) in [6.45, 7) is 2.47. The van der Waals surface area contributed by atoms with Crippen LogP contribution in [0.3, 0.4) is 0 Å². The molecule has 0 aromatic carbocycles. The molecule has 0 atom stereocenters. The van der Waals surface area contributed by atoms with Gasteiger partial charge in [-0.05, 0) is 36.8 Å². The standard InChI is InChI=1S/C15H18N4OS/c20-14(12-5-9-21-11-12)17-10-13-4-6-16-15(18-13)19-7-2-1-3-8-19/h4-6,9,11H,1-3,7-8,10H2,(H,17,20). The SMILES string of the molecule is O=C(NCc1ccnc(N2CCCCC2)n1)c1ccsc1. The summed E-state index contributed by atoms with van der Waals surface area (Å²) in [6.07, 6.45) is 5.45. The molecular weight excluding hydrogens is 284 g/mol. The minimum atomic E-state index is -0.0608. The van der Waals surface area contributed by atoms with Gasteiger partial charge in [0.1, 0.15) is 0 Å². The molecule has 21 heavy (non-hydrogen) atoms. The molecule has 0 bridgehead atoms. The normalized spacial score (nSPS) is 15.0. The Labute approximate surface area is 128 Å². The van der Waals surface area contributed by atoms with Crippen LogP contribution in [0.2, 0.25) is 0 Å². The number of anilines is 1. The maximum atomic E-state index is 11.9. The van der Waals surface area contributed by atoms with Crippen molar-refractivity contribution in [3.8, 4) is 0 Å². The van der Waals surface area contributed by atoms with Gasteiger partial charge >= 0.3 is 0 Å². The summed E-state index contributed by atoms with van der Waals surface area (Å²) in [7, 11) is 0. The van der Waals surface area contributed by atoms with Crippen molar-refractivity contribution in [2.24, 2.45) is 0 Å². The molecule has 1 N–H and O–H groups in total. The van der Waals surface area contributed by atoms with Crippen LogP contribution in [0.4, 0.5) is 5.95 Å². The van der Waals surface area contributed by atoms with Crippen LogP contribution in [0.15, 0.2) is 29.1 Å². The van der Waals surface area contributed by atoms with Crippen LogP contribution in [0.25, 0.3) is 0 Å². The van der Waals surface area contributed by atoms with Crippen molar-refractivity contribution in [2.75, 3.05) is 18.0 Å². The number of amides is 1. The van der Waals surface area contributed by atoms with Crippen LogP contribution in [0.1, 0.15) is 35.3 Å². The van der Waals surface area contributed by atoms with Gasteiger partial charge in [0.15, 0.2) is 0 Å². The van der Waals surface area contributed by atoms with Gasteiger partial charge in [0.2, 0.25) is 5.95 Å². The monoisotopic (exact) mass is 302 g/mol. The Morgan fingerprint density at radius 2 is 2.14 bits per heavy atom. The second kappa shape index (κ2) is 6.67. The molecule has 1 amide bonds. The van der Waals surface area contributed by atoms with E-state index in [2.05, 4.69) is 20.2 Å². The Hall–Kier alpha value is -1.95. The lowest BCUT2D eigenvalue weighted by atomic mass is 10.1. The Morgan fingerprint density at radius 3 is 2.90 bits per heavy atom. The second-order valence-electron chi connectivity index (χ2n) is 5.09. The minimum absolute atomic E-state index is 0.0608. The van der Waals surface area contributed by atoms with E-state index in [0.29, 0.717) is 12.1 Å². The van der Waals surface area contributed by atoms with Gasteiger partial charge in [0.25, 0.3) is 5.91 Å². The fraction of sp³-hybridized carbons (Fsp3) is 0.400. The quantitative estimate of drug-likeness (QED) is 0.942. The summed E-state index contributed by atoms with van der Waals surface area (Å²) >= 11 is 1.52.